The van der Waals surface area contributed by atoms with Gasteiger partial charge in [-0.25, -0.2) is 4.98 Å². The molecule has 5 heteroatoms. The number of aromatic nitrogens is 1. The molecule has 3 nitrogen and oxygen atoms in total. The third-order valence-electron chi connectivity index (χ3n) is 1.48. The molecule has 0 saturated heterocycles. The van der Waals surface area contributed by atoms with Crippen LogP contribution in [0.4, 0.5) is 0 Å². The molecule has 1 rings (SSSR count). The molecule has 14 heavy (non-hydrogen) atoms. The van der Waals surface area contributed by atoms with Crippen LogP contribution in [0.1, 0.15) is 6.92 Å². The minimum atomic E-state index is -0.814. The quantitative estimate of drug-likeness (QED) is 0.803. The van der Waals surface area contributed by atoms with Crippen LogP contribution in [0.5, 0.6) is 0 Å². The van der Waals surface area contributed by atoms with E-state index in [1.54, 1.807) is 25.3 Å². The fourth-order valence-electron chi connectivity index (χ4n) is 0.704. The smallest absolute Gasteiger partial charge is 0.110 e. The molecule has 0 aromatic carbocycles. The van der Waals surface area contributed by atoms with E-state index in [0.29, 0.717) is 10.8 Å². The Morgan fingerprint density at radius 1 is 1.71 bits per heavy atom. The van der Waals surface area contributed by atoms with E-state index in [2.05, 4.69) is 4.98 Å². The molecular weight excluding hydrogens is 218 g/mol. The van der Waals surface area contributed by atoms with Crippen LogP contribution in [-0.2, 0) is 0 Å². The molecule has 0 aliphatic heterocycles. The number of nitrogens with zero attached hydrogens (tertiary/aromatic N) is 2. The molecule has 0 aliphatic carbocycles. The van der Waals surface area contributed by atoms with Crippen molar-refractivity contribution >= 4 is 23.4 Å². The molecule has 1 aromatic rings. The van der Waals surface area contributed by atoms with Crippen LogP contribution < -0.4 is 5.73 Å². The van der Waals surface area contributed by atoms with E-state index in [4.69, 9.17) is 22.6 Å². The molecule has 0 spiro atoms. The number of pyridine rings is 1. The molecule has 0 amide bonds. The molecule has 1 aromatic heterocycles. The van der Waals surface area contributed by atoms with E-state index in [1.165, 1.54) is 11.8 Å². The van der Waals surface area contributed by atoms with Crippen LogP contribution in [0.25, 0.3) is 0 Å². The van der Waals surface area contributed by atoms with Gasteiger partial charge < -0.3 is 5.73 Å². The highest BCUT2D eigenvalue weighted by atomic mass is 35.5. The second-order valence-corrected chi connectivity index (χ2v) is 4.56. The van der Waals surface area contributed by atoms with E-state index < -0.39 is 5.54 Å². The number of nitriles is 1. The van der Waals surface area contributed by atoms with Crippen molar-refractivity contribution in [1.82, 2.24) is 4.98 Å². The summed E-state index contributed by atoms with van der Waals surface area (Å²) < 4.78 is 0. The summed E-state index contributed by atoms with van der Waals surface area (Å²) in [5.41, 5.74) is 4.84. The van der Waals surface area contributed by atoms with Crippen molar-refractivity contribution in [2.45, 2.75) is 17.5 Å². The SMILES string of the molecule is CC(N)(C#N)CSc1ccc(Cl)cn1. The summed E-state index contributed by atoms with van der Waals surface area (Å²) >= 11 is 7.12. The molecule has 0 aliphatic rings. The van der Waals surface area contributed by atoms with Gasteiger partial charge in [-0.3, -0.25) is 0 Å². The van der Waals surface area contributed by atoms with Gasteiger partial charge in [0.15, 0.2) is 0 Å². The van der Waals surface area contributed by atoms with Crippen LogP contribution in [0, 0.1) is 11.3 Å². The van der Waals surface area contributed by atoms with E-state index in [9.17, 15) is 0 Å². The average Bonchev–Trinajstić information content (AvgIpc) is 2.17. The maximum atomic E-state index is 8.69. The normalized spacial score (nSPS) is 14.4. The lowest BCUT2D eigenvalue weighted by atomic mass is 10.1. The summed E-state index contributed by atoms with van der Waals surface area (Å²) in [7, 11) is 0. The lowest BCUT2D eigenvalue weighted by Gasteiger charge is -2.13. The Bertz CT molecular complexity index is 342. The Morgan fingerprint density at radius 2 is 2.43 bits per heavy atom. The lowest BCUT2D eigenvalue weighted by Crippen LogP contribution is -2.36. The molecule has 0 saturated carbocycles. The number of rotatable bonds is 3. The van der Waals surface area contributed by atoms with Crippen molar-refractivity contribution in [3.05, 3.63) is 23.4 Å². The lowest BCUT2D eigenvalue weighted by molar-refractivity contribution is 0.681. The van der Waals surface area contributed by atoms with E-state index in [0.717, 1.165) is 5.03 Å². The number of halogens is 1. The molecule has 1 atom stereocenters. The first-order valence-corrected chi connectivity index (χ1v) is 5.34. The van der Waals surface area contributed by atoms with E-state index >= 15 is 0 Å². The second-order valence-electron chi connectivity index (χ2n) is 3.13. The third-order valence-corrected chi connectivity index (χ3v) is 2.98. The Kier molecular flexibility index (Phi) is 3.76. The molecule has 74 valence electrons. The van der Waals surface area contributed by atoms with Gasteiger partial charge in [-0.15, -0.1) is 11.8 Å². The average molecular weight is 228 g/mol. The zero-order valence-corrected chi connectivity index (χ0v) is 9.27. The maximum absolute atomic E-state index is 8.69. The fraction of sp³-hybridized carbons (Fsp3) is 0.333. The van der Waals surface area contributed by atoms with Gasteiger partial charge in [0.2, 0.25) is 0 Å². The number of hydrogen-bond donors (Lipinski definition) is 1. The molecule has 0 radical (unpaired) electrons. The Hall–Kier alpha value is -0.760. The van der Waals surface area contributed by atoms with Crippen LogP contribution in [0.15, 0.2) is 23.4 Å². The summed E-state index contributed by atoms with van der Waals surface area (Å²) in [6.07, 6.45) is 1.57. The fourth-order valence-corrected chi connectivity index (χ4v) is 1.62. The van der Waals surface area contributed by atoms with Crippen molar-refractivity contribution in [3.8, 4) is 6.07 Å². The monoisotopic (exact) mass is 227 g/mol. The van der Waals surface area contributed by atoms with Crippen LogP contribution in [0.3, 0.4) is 0 Å². The van der Waals surface area contributed by atoms with Gasteiger partial charge in [-0.05, 0) is 19.1 Å². The van der Waals surface area contributed by atoms with E-state index in [1.807, 2.05) is 6.07 Å². The highest BCUT2D eigenvalue weighted by Gasteiger charge is 2.17. The largest absolute Gasteiger partial charge is 0.313 e. The van der Waals surface area contributed by atoms with Gasteiger partial charge in [-0.2, -0.15) is 5.26 Å². The molecule has 2 N–H and O–H groups in total. The second kappa shape index (κ2) is 4.65. The topological polar surface area (TPSA) is 62.7 Å². The Morgan fingerprint density at radius 3 is 2.93 bits per heavy atom. The van der Waals surface area contributed by atoms with Crippen LogP contribution >= 0.6 is 23.4 Å². The molecule has 0 bridgehead atoms. The molecule has 1 unspecified atom stereocenters. The summed E-state index contributed by atoms with van der Waals surface area (Å²) in [4.78, 5) is 4.08. The summed E-state index contributed by atoms with van der Waals surface area (Å²) in [6.45, 7) is 1.69. The maximum Gasteiger partial charge on any atom is 0.110 e. The van der Waals surface area contributed by atoms with Gasteiger partial charge in [0.1, 0.15) is 5.54 Å². The third kappa shape index (κ3) is 3.54. The van der Waals surface area contributed by atoms with Crippen molar-refractivity contribution in [1.29, 1.82) is 5.26 Å². The van der Waals surface area contributed by atoms with Crippen molar-refractivity contribution in [2.75, 3.05) is 5.75 Å². The Labute approximate surface area is 92.3 Å². The van der Waals surface area contributed by atoms with Gasteiger partial charge in [0.05, 0.1) is 16.1 Å². The van der Waals surface area contributed by atoms with Crippen molar-refractivity contribution in [3.63, 3.8) is 0 Å². The summed E-state index contributed by atoms with van der Waals surface area (Å²) in [5.74, 6) is 0.512. The number of nitrogens with two attached hydrogens (primary N) is 1. The minimum Gasteiger partial charge on any atom is -0.313 e. The zero-order chi connectivity index (χ0) is 10.6. The highest BCUT2D eigenvalue weighted by Crippen LogP contribution is 2.20. The number of hydrogen-bond acceptors (Lipinski definition) is 4. The van der Waals surface area contributed by atoms with Gasteiger partial charge >= 0.3 is 0 Å². The first kappa shape index (κ1) is 11.3. The zero-order valence-electron chi connectivity index (χ0n) is 7.70. The minimum absolute atomic E-state index is 0.512. The first-order valence-electron chi connectivity index (χ1n) is 3.98. The van der Waals surface area contributed by atoms with Gasteiger partial charge in [0, 0.05) is 11.9 Å². The standard InChI is InChI=1S/C9H10ClN3S/c1-9(12,5-11)6-14-8-3-2-7(10)4-13-8/h2-4H,6,12H2,1H3. The molecular formula is C9H10ClN3S. The van der Waals surface area contributed by atoms with Crippen molar-refractivity contribution < 1.29 is 0 Å². The predicted molar refractivity (Wildman–Crippen MR) is 58.2 cm³/mol. The molecule has 0 fully saturated rings. The van der Waals surface area contributed by atoms with Crippen LogP contribution in [0.2, 0.25) is 5.02 Å². The van der Waals surface area contributed by atoms with Crippen LogP contribution in [-0.4, -0.2) is 16.3 Å². The van der Waals surface area contributed by atoms with Crippen molar-refractivity contribution in [2.24, 2.45) is 5.73 Å². The van der Waals surface area contributed by atoms with E-state index in [-0.39, 0.29) is 0 Å². The van der Waals surface area contributed by atoms with Gasteiger partial charge in [-0.1, -0.05) is 11.6 Å². The van der Waals surface area contributed by atoms with Gasteiger partial charge in [0.25, 0.3) is 0 Å². The summed E-state index contributed by atoms with van der Waals surface area (Å²) in [6, 6.07) is 5.59. The molecule has 1 heterocycles. The first-order chi connectivity index (χ1) is 6.53. The highest BCUT2D eigenvalue weighted by molar-refractivity contribution is 7.99. The number of thioether (sulfide) groups is 1. The summed E-state index contributed by atoms with van der Waals surface area (Å²) in [5, 5.41) is 10.1. The Balaban J connectivity index is 2.55. The predicted octanol–water partition coefficient (Wildman–Crippen LogP) is 2.07.